The summed E-state index contributed by atoms with van der Waals surface area (Å²) < 4.78 is 3.57. The van der Waals surface area contributed by atoms with E-state index in [1.165, 1.54) is 34.9 Å². The van der Waals surface area contributed by atoms with Gasteiger partial charge in [-0.3, -0.25) is 18.9 Å². The minimum absolute atomic E-state index is 0.0621. The zero-order valence-corrected chi connectivity index (χ0v) is 20.8. The van der Waals surface area contributed by atoms with Gasteiger partial charge in [-0.05, 0) is 43.2 Å². The number of fused-ring (bicyclic) bond motifs is 3. The summed E-state index contributed by atoms with van der Waals surface area (Å²) in [5, 5.41) is 12.7. The highest BCUT2D eigenvalue weighted by Gasteiger charge is 2.20. The van der Waals surface area contributed by atoms with Gasteiger partial charge in [0.15, 0.2) is 10.3 Å². The summed E-state index contributed by atoms with van der Waals surface area (Å²) >= 11 is 2.92. The monoisotopic (exact) mass is 490 g/mol. The minimum Gasteiger partial charge on any atom is -0.292 e. The average molecular weight is 491 g/mol. The lowest BCUT2D eigenvalue weighted by Gasteiger charge is -2.14. The fraction of sp³-hybridized carbons (Fsp3) is 0.208. The van der Waals surface area contributed by atoms with Crippen LogP contribution in [0.3, 0.4) is 0 Å². The van der Waals surface area contributed by atoms with Gasteiger partial charge in [0, 0.05) is 25.1 Å². The summed E-state index contributed by atoms with van der Waals surface area (Å²) in [5.74, 6) is 0.961. The third-order valence-electron chi connectivity index (χ3n) is 5.86. The number of carbonyl (C=O) groups is 1. The Kier molecular flexibility index (Phi) is 5.70. The van der Waals surface area contributed by atoms with Crippen molar-refractivity contribution in [1.82, 2.24) is 24.1 Å². The predicted molar refractivity (Wildman–Crippen MR) is 136 cm³/mol. The number of hydrogen-bond donors (Lipinski definition) is 0. The quantitative estimate of drug-likeness (QED) is 0.340. The van der Waals surface area contributed by atoms with Gasteiger partial charge in [-0.25, -0.2) is 9.55 Å². The number of anilines is 1. The lowest BCUT2D eigenvalue weighted by molar-refractivity contribution is -0.116. The Morgan fingerprint density at radius 3 is 2.71 bits per heavy atom. The van der Waals surface area contributed by atoms with Crippen molar-refractivity contribution >= 4 is 50.8 Å². The number of benzene rings is 2. The van der Waals surface area contributed by atoms with Crippen LogP contribution in [0.5, 0.6) is 0 Å². The third kappa shape index (κ3) is 3.68. The van der Waals surface area contributed by atoms with Crippen LogP contribution in [-0.2, 0) is 10.5 Å². The van der Waals surface area contributed by atoms with Crippen LogP contribution in [0.15, 0.2) is 57.8 Å². The Labute approximate surface area is 203 Å². The molecule has 0 bridgehead atoms. The number of aryl methyl sites for hydroxylation is 1. The van der Waals surface area contributed by atoms with Gasteiger partial charge < -0.3 is 0 Å². The van der Waals surface area contributed by atoms with Crippen LogP contribution in [0, 0.1) is 13.8 Å². The second-order valence-corrected chi connectivity index (χ2v) is 9.76. The molecule has 0 spiro atoms. The normalized spacial score (nSPS) is 11.4. The molecule has 0 radical (unpaired) electrons. The SMILES string of the molecule is CC(=O)N(C)c1nc(CSc2nnc3n(-c4cccc(C)c4C)c(=O)c4ccccc4n23)cs1. The van der Waals surface area contributed by atoms with Crippen LogP contribution in [-0.4, -0.2) is 37.1 Å². The molecule has 0 saturated carbocycles. The number of aromatic nitrogens is 5. The lowest BCUT2D eigenvalue weighted by atomic mass is 10.1. The molecule has 1 amide bonds. The van der Waals surface area contributed by atoms with Crippen LogP contribution < -0.4 is 10.5 Å². The van der Waals surface area contributed by atoms with Crippen molar-refractivity contribution in [2.24, 2.45) is 0 Å². The van der Waals surface area contributed by atoms with Gasteiger partial charge in [0.1, 0.15) is 0 Å². The first kappa shape index (κ1) is 22.3. The number of nitrogens with zero attached hydrogens (tertiary/aromatic N) is 6. The number of thiazole rings is 1. The third-order valence-corrected chi connectivity index (χ3v) is 7.79. The number of amides is 1. The van der Waals surface area contributed by atoms with Crippen LogP contribution in [0.25, 0.3) is 22.4 Å². The molecule has 0 atom stereocenters. The van der Waals surface area contributed by atoms with Crippen LogP contribution >= 0.6 is 23.1 Å². The highest BCUT2D eigenvalue weighted by molar-refractivity contribution is 7.98. The summed E-state index contributed by atoms with van der Waals surface area (Å²) in [6.07, 6.45) is 0. The van der Waals surface area contributed by atoms with E-state index in [1.807, 2.05) is 66.1 Å². The Morgan fingerprint density at radius 1 is 1.12 bits per heavy atom. The van der Waals surface area contributed by atoms with E-state index in [1.54, 1.807) is 11.6 Å². The molecule has 3 heterocycles. The topological polar surface area (TPSA) is 85.4 Å². The van der Waals surface area contributed by atoms with Crippen molar-refractivity contribution in [2.45, 2.75) is 31.7 Å². The van der Waals surface area contributed by atoms with Crippen molar-refractivity contribution < 1.29 is 4.79 Å². The van der Waals surface area contributed by atoms with E-state index in [-0.39, 0.29) is 11.5 Å². The molecule has 0 saturated heterocycles. The van der Waals surface area contributed by atoms with Gasteiger partial charge in [0.05, 0.1) is 22.3 Å². The first-order chi connectivity index (χ1) is 16.4. The molecular weight excluding hydrogens is 468 g/mol. The number of hydrogen-bond acceptors (Lipinski definition) is 7. The van der Waals surface area contributed by atoms with E-state index in [9.17, 15) is 9.59 Å². The van der Waals surface area contributed by atoms with Gasteiger partial charge in [0.25, 0.3) is 5.56 Å². The molecule has 0 N–H and O–H groups in total. The van der Waals surface area contributed by atoms with Gasteiger partial charge >= 0.3 is 0 Å². The summed E-state index contributed by atoms with van der Waals surface area (Å²) in [7, 11) is 1.71. The van der Waals surface area contributed by atoms with Gasteiger partial charge in [-0.2, -0.15) is 0 Å². The standard InChI is InChI=1S/C24H22N6O2S2/c1-14-8-7-11-19(15(14)2)29-21(32)18-9-5-6-10-20(18)30-22(29)26-27-24(30)34-13-17-12-33-23(25-17)28(4)16(3)31/h5-12H,13H2,1-4H3. The Balaban J connectivity index is 1.63. The van der Waals surface area contributed by atoms with Crippen LogP contribution in [0.1, 0.15) is 23.7 Å². The molecule has 3 aromatic heterocycles. The second-order valence-electron chi connectivity index (χ2n) is 7.98. The summed E-state index contributed by atoms with van der Waals surface area (Å²) in [4.78, 5) is 31.3. The second kappa shape index (κ2) is 8.69. The fourth-order valence-electron chi connectivity index (χ4n) is 3.76. The molecule has 2 aromatic carbocycles. The van der Waals surface area contributed by atoms with Crippen molar-refractivity contribution in [3.05, 3.63) is 75.0 Å². The van der Waals surface area contributed by atoms with E-state index in [4.69, 9.17) is 0 Å². The van der Waals surface area contributed by atoms with Gasteiger partial charge in [0.2, 0.25) is 11.7 Å². The molecule has 5 aromatic rings. The Bertz CT molecular complexity index is 1620. The number of thioether (sulfide) groups is 1. The van der Waals surface area contributed by atoms with Crippen LogP contribution in [0.4, 0.5) is 5.13 Å². The average Bonchev–Trinajstić information content (AvgIpc) is 3.47. The molecule has 0 aliphatic carbocycles. The largest absolute Gasteiger partial charge is 0.292 e. The van der Waals surface area contributed by atoms with Crippen molar-refractivity contribution in [1.29, 1.82) is 0 Å². The lowest BCUT2D eigenvalue weighted by Crippen LogP contribution is -2.22. The summed E-state index contributed by atoms with van der Waals surface area (Å²) in [6, 6.07) is 13.4. The Hall–Kier alpha value is -3.50. The minimum atomic E-state index is -0.128. The highest BCUT2D eigenvalue weighted by atomic mass is 32.2. The first-order valence-corrected chi connectivity index (χ1v) is 12.5. The highest BCUT2D eigenvalue weighted by Crippen LogP contribution is 2.28. The fourth-order valence-corrected chi connectivity index (χ4v) is 5.53. The first-order valence-electron chi connectivity index (χ1n) is 10.6. The number of carbonyl (C=O) groups excluding carboxylic acids is 1. The van der Waals surface area contributed by atoms with E-state index >= 15 is 0 Å². The molecule has 10 heteroatoms. The summed E-state index contributed by atoms with van der Waals surface area (Å²) in [5.41, 5.74) is 4.38. The zero-order chi connectivity index (χ0) is 24.0. The molecule has 0 unspecified atom stereocenters. The molecule has 5 rings (SSSR count). The molecular formula is C24H22N6O2S2. The number of para-hydroxylation sites is 1. The molecule has 172 valence electrons. The van der Waals surface area contributed by atoms with Crippen molar-refractivity contribution in [3.8, 4) is 5.69 Å². The van der Waals surface area contributed by atoms with Gasteiger partial charge in [-0.15, -0.1) is 21.5 Å². The maximum Gasteiger partial charge on any atom is 0.267 e. The predicted octanol–water partition coefficient (Wildman–Crippen LogP) is 4.38. The van der Waals surface area contributed by atoms with E-state index in [0.717, 1.165) is 28.0 Å². The zero-order valence-electron chi connectivity index (χ0n) is 19.1. The smallest absolute Gasteiger partial charge is 0.267 e. The van der Waals surface area contributed by atoms with Crippen molar-refractivity contribution in [2.75, 3.05) is 11.9 Å². The molecule has 8 nitrogen and oxygen atoms in total. The number of rotatable bonds is 5. The molecule has 34 heavy (non-hydrogen) atoms. The summed E-state index contributed by atoms with van der Waals surface area (Å²) in [6.45, 7) is 5.55. The van der Waals surface area contributed by atoms with Gasteiger partial charge in [-0.1, -0.05) is 36.0 Å². The molecule has 0 fully saturated rings. The van der Waals surface area contributed by atoms with E-state index < -0.39 is 0 Å². The maximum absolute atomic E-state index is 13.6. The Morgan fingerprint density at radius 2 is 1.91 bits per heavy atom. The van der Waals surface area contributed by atoms with Crippen LogP contribution in [0.2, 0.25) is 0 Å². The van der Waals surface area contributed by atoms with Crippen molar-refractivity contribution in [3.63, 3.8) is 0 Å². The maximum atomic E-state index is 13.6. The van der Waals surface area contributed by atoms with E-state index in [2.05, 4.69) is 15.2 Å². The molecule has 0 aliphatic rings. The van der Waals surface area contributed by atoms with E-state index in [0.29, 0.717) is 27.2 Å². The molecule has 0 aliphatic heterocycles.